The van der Waals surface area contributed by atoms with Crippen molar-refractivity contribution in [2.45, 2.75) is 104 Å². The van der Waals surface area contributed by atoms with E-state index in [4.69, 9.17) is 8.83 Å². The highest BCUT2D eigenvalue weighted by molar-refractivity contribution is 5.31. The minimum absolute atomic E-state index is 0.00394. The number of aliphatic hydroxyl groups is 2. The van der Waals surface area contributed by atoms with Gasteiger partial charge in [0, 0.05) is 35.3 Å². The van der Waals surface area contributed by atoms with Gasteiger partial charge in [0.15, 0.2) is 0 Å². The van der Waals surface area contributed by atoms with Crippen molar-refractivity contribution < 1.29 is 19.0 Å². The molecule has 30 heavy (non-hydrogen) atoms. The molecule has 2 N–H and O–H groups in total. The van der Waals surface area contributed by atoms with Gasteiger partial charge in [-0.05, 0) is 49.1 Å². The van der Waals surface area contributed by atoms with Gasteiger partial charge in [-0.1, -0.05) is 41.5 Å². The molecule has 4 atom stereocenters. The minimum Gasteiger partial charge on any atom is -0.465 e. The summed E-state index contributed by atoms with van der Waals surface area (Å²) < 4.78 is 12.4. The Morgan fingerprint density at radius 2 is 1.80 bits per heavy atom. The zero-order chi connectivity index (χ0) is 21.8. The van der Waals surface area contributed by atoms with Crippen molar-refractivity contribution in [1.29, 1.82) is 0 Å². The van der Waals surface area contributed by atoms with Crippen LogP contribution in [0.25, 0.3) is 0 Å². The number of rotatable bonds is 5. The summed E-state index contributed by atoms with van der Waals surface area (Å²) in [5.41, 5.74) is 1.84. The van der Waals surface area contributed by atoms with E-state index in [0.29, 0.717) is 11.8 Å². The van der Waals surface area contributed by atoms with Gasteiger partial charge in [-0.2, -0.15) is 0 Å². The molecule has 0 amide bonds. The Hall–Kier alpha value is -1.52. The van der Waals surface area contributed by atoms with E-state index in [1.54, 1.807) is 0 Å². The van der Waals surface area contributed by atoms with E-state index in [-0.39, 0.29) is 10.8 Å². The molecule has 0 saturated carbocycles. The topological polar surface area (TPSA) is 66.7 Å². The van der Waals surface area contributed by atoms with E-state index in [1.165, 1.54) is 0 Å². The zero-order valence-corrected chi connectivity index (χ0v) is 19.4. The Kier molecular flexibility index (Phi) is 5.47. The van der Waals surface area contributed by atoms with Gasteiger partial charge < -0.3 is 19.0 Å². The van der Waals surface area contributed by atoms with Crippen molar-refractivity contribution in [1.82, 2.24) is 0 Å². The van der Waals surface area contributed by atoms with Crippen molar-refractivity contribution in [2.24, 2.45) is 11.3 Å². The van der Waals surface area contributed by atoms with E-state index in [2.05, 4.69) is 47.6 Å². The lowest BCUT2D eigenvalue weighted by Gasteiger charge is -2.37. The average Bonchev–Trinajstić information content (AvgIpc) is 3.25. The van der Waals surface area contributed by atoms with E-state index in [9.17, 15) is 10.2 Å². The smallest absolute Gasteiger partial charge is 0.110 e. The fourth-order valence-corrected chi connectivity index (χ4v) is 5.26. The summed E-state index contributed by atoms with van der Waals surface area (Å²) in [5, 5.41) is 21.2. The molecule has 0 spiro atoms. The van der Waals surface area contributed by atoms with E-state index < -0.39 is 12.2 Å². The molecular formula is C26H38O4. The molecule has 4 nitrogen and oxygen atoms in total. The third kappa shape index (κ3) is 4.01. The Morgan fingerprint density at radius 1 is 1.10 bits per heavy atom. The largest absolute Gasteiger partial charge is 0.465 e. The fraction of sp³-hybridized carbons (Fsp3) is 0.692. The quantitative estimate of drug-likeness (QED) is 0.598. The van der Waals surface area contributed by atoms with Crippen LogP contribution in [0.1, 0.15) is 120 Å². The first-order valence-electron chi connectivity index (χ1n) is 11.6. The van der Waals surface area contributed by atoms with Gasteiger partial charge in [-0.3, -0.25) is 0 Å². The summed E-state index contributed by atoms with van der Waals surface area (Å²) in [4.78, 5) is 0. The number of aliphatic hydroxyl groups excluding tert-OH is 2. The van der Waals surface area contributed by atoms with Gasteiger partial charge >= 0.3 is 0 Å². The lowest BCUT2D eigenvalue weighted by Crippen LogP contribution is -2.30. The lowest BCUT2D eigenvalue weighted by molar-refractivity contribution is 0.0725. The van der Waals surface area contributed by atoms with Crippen LogP contribution in [0.4, 0.5) is 0 Å². The summed E-state index contributed by atoms with van der Waals surface area (Å²) in [5.74, 6) is 4.65. The third-order valence-electron chi connectivity index (χ3n) is 7.44. The summed E-state index contributed by atoms with van der Waals surface area (Å²) in [6.07, 6.45) is 4.43. The summed E-state index contributed by atoms with van der Waals surface area (Å²) in [6.45, 7) is 13.1. The van der Waals surface area contributed by atoms with Crippen LogP contribution in [0.5, 0.6) is 0 Å². The summed E-state index contributed by atoms with van der Waals surface area (Å²) in [6, 6.07) is 4.14. The maximum absolute atomic E-state index is 10.8. The Morgan fingerprint density at radius 3 is 2.50 bits per heavy atom. The van der Waals surface area contributed by atoms with Gasteiger partial charge in [-0.25, -0.2) is 0 Å². The van der Waals surface area contributed by atoms with Crippen molar-refractivity contribution in [3.63, 3.8) is 0 Å². The molecule has 4 heteroatoms. The molecular weight excluding hydrogens is 376 g/mol. The predicted molar refractivity (Wildman–Crippen MR) is 118 cm³/mol. The van der Waals surface area contributed by atoms with Gasteiger partial charge in [0.1, 0.15) is 23.0 Å². The standard InChI is InChI=1S/C26H38O4/c1-15(2)21-11-17-20(28)13-26(6,14-23(17)29-21)8-7-25(4,5)24-12-18-19(27)9-16(3)10-22(18)30-24/h11-12,15-16,19-20,27-28H,7-10,13-14H2,1-6H3. The summed E-state index contributed by atoms with van der Waals surface area (Å²) in [7, 11) is 0. The second kappa shape index (κ2) is 7.56. The molecule has 2 aromatic heterocycles. The molecule has 0 fully saturated rings. The molecule has 166 valence electrons. The Balaban J connectivity index is 1.49. The fourth-order valence-electron chi connectivity index (χ4n) is 5.26. The molecule has 2 heterocycles. The first-order valence-corrected chi connectivity index (χ1v) is 11.6. The zero-order valence-electron chi connectivity index (χ0n) is 19.4. The second-order valence-electron chi connectivity index (χ2n) is 11.3. The number of fused-ring (bicyclic) bond motifs is 2. The molecule has 2 aliphatic rings. The lowest BCUT2D eigenvalue weighted by atomic mass is 9.68. The van der Waals surface area contributed by atoms with Gasteiger partial charge in [0.25, 0.3) is 0 Å². The predicted octanol–water partition coefficient (Wildman–Crippen LogP) is 6.36. The Bertz CT molecular complexity index is 902. The molecule has 0 aromatic carbocycles. The van der Waals surface area contributed by atoms with Crippen LogP contribution in [0.2, 0.25) is 0 Å². The molecule has 4 rings (SSSR count). The van der Waals surface area contributed by atoms with Crippen molar-refractivity contribution in [2.75, 3.05) is 0 Å². The van der Waals surface area contributed by atoms with Crippen molar-refractivity contribution in [3.8, 4) is 0 Å². The molecule has 0 saturated heterocycles. The van der Waals surface area contributed by atoms with Crippen LogP contribution in [0.15, 0.2) is 21.0 Å². The monoisotopic (exact) mass is 414 g/mol. The molecule has 2 aromatic rings. The highest BCUT2D eigenvalue weighted by Gasteiger charge is 2.40. The maximum Gasteiger partial charge on any atom is 0.110 e. The van der Waals surface area contributed by atoms with Gasteiger partial charge in [0.2, 0.25) is 0 Å². The third-order valence-corrected chi connectivity index (χ3v) is 7.44. The van der Waals surface area contributed by atoms with Crippen LogP contribution >= 0.6 is 0 Å². The number of hydrogen-bond donors (Lipinski definition) is 2. The van der Waals surface area contributed by atoms with Crippen LogP contribution < -0.4 is 0 Å². The first kappa shape index (κ1) is 21.7. The van der Waals surface area contributed by atoms with E-state index >= 15 is 0 Å². The summed E-state index contributed by atoms with van der Waals surface area (Å²) >= 11 is 0. The minimum atomic E-state index is -0.453. The maximum atomic E-state index is 10.8. The van der Waals surface area contributed by atoms with Gasteiger partial charge in [-0.15, -0.1) is 0 Å². The first-order chi connectivity index (χ1) is 14.0. The Labute approximate surface area is 180 Å². The van der Waals surface area contributed by atoms with Crippen LogP contribution in [-0.4, -0.2) is 10.2 Å². The van der Waals surface area contributed by atoms with Crippen molar-refractivity contribution in [3.05, 3.63) is 46.3 Å². The molecule has 0 aliphatic heterocycles. The number of hydrogen-bond acceptors (Lipinski definition) is 4. The highest BCUT2D eigenvalue weighted by Crippen LogP contribution is 2.48. The highest BCUT2D eigenvalue weighted by atomic mass is 16.3. The van der Waals surface area contributed by atoms with Gasteiger partial charge in [0.05, 0.1) is 12.2 Å². The average molecular weight is 415 g/mol. The molecule has 4 unspecified atom stereocenters. The van der Waals surface area contributed by atoms with E-state index in [0.717, 1.165) is 72.7 Å². The number of furan rings is 2. The van der Waals surface area contributed by atoms with Crippen molar-refractivity contribution >= 4 is 0 Å². The van der Waals surface area contributed by atoms with Crippen LogP contribution in [0.3, 0.4) is 0 Å². The van der Waals surface area contributed by atoms with Crippen LogP contribution in [0, 0.1) is 11.3 Å². The normalized spacial score (nSPS) is 29.2. The second-order valence-corrected chi connectivity index (χ2v) is 11.3. The molecule has 0 bridgehead atoms. The van der Waals surface area contributed by atoms with Crippen LogP contribution in [-0.2, 0) is 18.3 Å². The van der Waals surface area contributed by atoms with E-state index in [1.807, 2.05) is 6.07 Å². The molecule has 0 radical (unpaired) electrons. The SMILES string of the molecule is CC1Cc2oc(C(C)(C)CCC3(C)Cc4oc(C(C)C)cc4C(O)C3)cc2C(O)C1. The molecule has 2 aliphatic carbocycles.